The molecule has 174 valence electrons. The Labute approximate surface area is 202 Å². The number of rotatable bonds is 6. The maximum Gasteiger partial charge on any atom is 0.128 e. The van der Waals surface area contributed by atoms with E-state index in [0.717, 1.165) is 53.2 Å². The summed E-state index contributed by atoms with van der Waals surface area (Å²) >= 11 is 6.48. The van der Waals surface area contributed by atoms with Crippen LogP contribution in [-0.2, 0) is 6.54 Å². The predicted octanol–water partition coefficient (Wildman–Crippen LogP) is 4.47. The lowest BCUT2D eigenvalue weighted by Gasteiger charge is -2.33. The van der Waals surface area contributed by atoms with Crippen molar-refractivity contribution in [2.24, 2.45) is 0 Å². The zero-order valence-corrected chi connectivity index (χ0v) is 19.3. The van der Waals surface area contributed by atoms with E-state index in [-0.39, 0.29) is 18.5 Å². The second-order valence-corrected chi connectivity index (χ2v) is 8.75. The molecule has 0 bridgehead atoms. The summed E-state index contributed by atoms with van der Waals surface area (Å²) in [7, 11) is 0. The third kappa shape index (κ3) is 4.68. The van der Waals surface area contributed by atoms with Crippen LogP contribution in [0.25, 0.3) is 22.0 Å². The Bertz CT molecular complexity index is 1300. The van der Waals surface area contributed by atoms with Crippen molar-refractivity contribution in [1.82, 2.24) is 15.3 Å². The molecule has 0 radical (unpaired) electrons. The number of fused-ring (bicyclic) bond motifs is 1. The minimum absolute atomic E-state index is 0.0586. The van der Waals surface area contributed by atoms with Crippen LogP contribution in [0.2, 0.25) is 5.02 Å². The van der Waals surface area contributed by atoms with Gasteiger partial charge in [-0.25, -0.2) is 9.37 Å². The van der Waals surface area contributed by atoms with Crippen molar-refractivity contribution in [1.29, 1.82) is 0 Å². The van der Waals surface area contributed by atoms with E-state index >= 15 is 0 Å². The number of aliphatic hydroxyl groups is 1. The molecular formula is C26H25ClFN5O. The van der Waals surface area contributed by atoms with Crippen LogP contribution in [0.3, 0.4) is 0 Å². The van der Waals surface area contributed by atoms with Gasteiger partial charge in [0, 0.05) is 61.1 Å². The average molecular weight is 478 g/mol. The summed E-state index contributed by atoms with van der Waals surface area (Å²) in [5, 5.41) is 17.4. The Balaban J connectivity index is 1.42. The van der Waals surface area contributed by atoms with Gasteiger partial charge < -0.3 is 20.6 Å². The summed E-state index contributed by atoms with van der Waals surface area (Å²) in [4.78, 5) is 11.3. The van der Waals surface area contributed by atoms with Gasteiger partial charge in [0.25, 0.3) is 0 Å². The zero-order valence-electron chi connectivity index (χ0n) is 18.5. The smallest absolute Gasteiger partial charge is 0.128 e. The Kier molecular flexibility index (Phi) is 6.58. The molecule has 1 unspecified atom stereocenters. The minimum Gasteiger partial charge on any atom is -0.395 e. The van der Waals surface area contributed by atoms with E-state index in [0.29, 0.717) is 17.1 Å². The fourth-order valence-corrected chi connectivity index (χ4v) is 4.47. The van der Waals surface area contributed by atoms with E-state index in [1.54, 1.807) is 18.3 Å². The van der Waals surface area contributed by atoms with Gasteiger partial charge in [0.05, 0.1) is 22.8 Å². The van der Waals surface area contributed by atoms with Crippen LogP contribution in [0.4, 0.5) is 15.9 Å². The van der Waals surface area contributed by atoms with Gasteiger partial charge in [0.2, 0.25) is 0 Å². The first-order chi connectivity index (χ1) is 16.6. The van der Waals surface area contributed by atoms with Crippen LogP contribution < -0.4 is 15.5 Å². The Hall–Kier alpha value is -3.26. The van der Waals surface area contributed by atoms with Crippen molar-refractivity contribution in [3.63, 3.8) is 0 Å². The molecule has 0 saturated carbocycles. The number of aromatic nitrogens is 2. The van der Waals surface area contributed by atoms with Crippen molar-refractivity contribution in [2.45, 2.75) is 12.6 Å². The Morgan fingerprint density at radius 2 is 1.94 bits per heavy atom. The van der Waals surface area contributed by atoms with Crippen LogP contribution in [0, 0.1) is 5.82 Å². The normalized spacial score (nSPS) is 16.1. The molecule has 0 amide bonds. The van der Waals surface area contributed by atoms with Crippen LogP contribution in [0.5, 0.6) is 0 Å². The summed E-state index contributed by atoms with van der Waals surface area (Å²) in [5.74, 6) is 0.632. The molecule has 3 N–H and O–H groups in total. The number of hydrogen-bond acceptors (Lipinski definition) is 6. The highest BCUT2D eigenvalue weighted by molar-refractivity contribution is 6.34. The van der Waals surface area contributed by atoms with Gasteiger partial charge in [-0.1, -0.05) is 35.9 Å². The molecule has 1 aliphatic heterocycles. The van der Waals surface area contributed by atoms with Gasteiger partial charge in [-0.2, -0.15) is 0 Å². The fraction of sp³-hybridized carbons (Fsp3) is 0.231. The molecule has 1 atom stereocenters. The molecule has 5 rings (SSSR count). The van der Waals surface area contributed by atoms with Crippen LogP contribution >= 0.6 is 11.6 Å². The first kappa shape index (κ1) is 22.5. The molecule has 2 aromatic heterocycles. The second-order valence-electron chi connectivity index (χ2n) is 8.34. The number of anilines is 2. The van der Waals surface area contributed by atoms with E-state index in [2.05, 4.69) is 25.5 Å². The van der Waals surface area contributed by atoms with E-state index in [1.165, 1.54) is 6.07 Å². The van der Waals surface area contributed by atoms with Gasteiger partial charge in [0.1, 0.15) is 11.6 Å². The topological polar surface area (TPSA) is 73.3 Å². The summed E-state index contributed by atoms with van der Waals surface area (Å²) in [5.41, 5.74) is 4.04. The molecule has 2 aromatic carbocycles. The number of nitrogens with one attached hydrogen (secondary N) is 2. The number of halogens is 2. The molecule has 6 nitrogen and oxygen atoms in total. The zero-order chi connectivity index (χ0) is 23.5. The molecule has 8 heteroatoms. The molecule has 1 saturated heterocycles. The SMILES string of the molecule is OCC1CN(c2ccc(-c3ccc4ncc(Cl)c(NCc5ccccc5F)c4c3)cn2)CCN1. The van der Waals surface area contributed by atoms with Gasteiger partial charge in [0.15, 0.2) is 0 Å². The number of pyridine rings is 2. The lowest BCUT2D eigenvalue weighted by atomic mass is 10.0. The summed E-state index contributed by atoms with van der Waals surface area (Å²) < 4.78 is 14.1. The molecular weight excluding hydrogens is 453 g/mol. The molecule has 1 aliphatic rings. The second kappa shape index (κ2) is 9.93. The number of hydrogen-bond donors (Lipinski definition) is 3. The van der Waals surface area contributed by atoms with Gasteiger partial charge in [-0.15, -0.1) is 0 Å². The maximum atomic E-state index is 14.1. The summed E-state index contributed by atoms with van der Waals surface area (Å²) in [6.45, 7) is 2.80. The van der Waals surface area contributed by atoms with Crippen molar-refractivity contribution >= 4 is 34.0 Å². The molecule has 4 aromatic rings. The highest BCUT2D eigenvalue weighted by Crippen LogP contribution is 2.33. The molecule has 0 aliphatic carbocycles. The quantitative estimate of drug-likeness (QED) is 0.380. The van der Waals surface area contributed by atoms with E-state index < -0.39 is 0 Å². The summed E-state index contributed by atoms with van der Waals surface area (Å²) in [6.07, 6.45) is 3.47. The van der Waals surface area contributed by atoms with Crippen molar-refractivity contribution < 1.29 is 9.50 Å². The number of piperazine rings is 1. The lowest BCUT2D eigenvalue weighted by molar-refractivity contribution is 0.235. The van der Waals surface area contributed by atoms with Gasteiger partial charge in [-0.3, -0.25) is 4.98 Å². The minimum atomic E-state index is -0.258. The Morgan fingerprint density at radius 3 is 2.74 bits per heavy atom. The third-order valence-electron chi connectivity index (χ3n) is 6.12. The molecule has 3 heterocycles. The van der Waals surface area contributed by atoms with Crippen LogP contribution in [0.15, 0.2) is 67.0 Å². The van der Waals surface area contributed by atoms with Crippen molar-refractivity contribution in [2.75, 3.05) is 36.5 Å². The largest absolute Gasteiger partial charge is 0.395 e. The standard InChI is InChI=1S/C26H25ClFN5O/c27-22-14-30-24-7-5-17(11-21(24)26(22)32-13-19-3-1-2-4-23(19)28)18-6-8-25(31-12-18)33-10-9-29-20(15-33)16-34/h1-8,11-12,14,20,29,34H,9-10,13,15-16H2,(H,30,32). The third-order valence-corrected chi connectivity index (χ3v) is 6.40. The Morgan fingerprint density at radius 1 is 1.09 bits per heavy atom. The maximum absolute atomic E-state index is 14.1. The van der Waals surface area contributed by atoms with Gasteiger partial charge >= 0.3 is 0 Å². The fourth-order valence-electron chi connectivity index (χ4n) is 4.25. The summed E-state index contributed by atoms with van der Waals surface area (Å²) in [6, 6.07) is 16.8. The van der Waals surface area contributed by atoms with Gasteiger partial charge in [-0.05, 0) is 35.9 Å². The van der Waals surface area contributed by atoms with E-state index in [1.807, 2.05) is 42.6 Å². The number of aliphatic hydroxyl groups excluding tert-OH is 1. The molecule has 34 heavy (non-hydrogen) atoms. The van der Waals surface area contributed by atoms with E-state index in [4.69, 9.17) is 11.6 Å². The van der Waals surface area contributed by atoms with Crippen LogP contribution in [-0.4, -0.2) is 47.4 Å². The monoisotopic (exact) mass is 477 g/mol. The molecule has 1 fully saturated rings. The number of nitrogens with zero attached hydrogens (tertiary/aromatic N) is 3. The average Bonchev–Trinajstić information content (AvgIpc) is 2.89. The first-order valence-corrected chi connectivity index (χ1v) is 11.6. The van der Waals surface area contributed by atoms with Crippen molar-refractivity contribution in [3.8, 4) is 11.1 Å². The highest BCUT2D eigenvalue weighted by atomic mass is 35.5. The van der Waals surface area contributed by atoms with E-state index in [9.17, 15) is 9.50 Å². The number of benzene rings is 2. The first-order valence-electron chi connectivity index (χ1n) is 11.2. The predicted molar refractivity (Wildman–Crippen MR) is 135 cm³/mol. The highest BCUT2D eigenvalue weighted by Gasteiger charge is 2.19. The van der Waals surface area contributed by atoms with Crippen molar-refractivity contribution in [3.05, 3.63) is 83.4 Å². The molecule has 0 spiro atoms. The van der Waals surface area contributed by atoms with Crippen LogP contribution in [0.1, 0.15) is 5.56 Å². The lowest BCUT2D eigenvalue weighted by Crippen LogP contribution is -2.52.